The van der Waals surface area contributed by atoms with Gasteiger partial charge in [-0.1, -0.05) is 54.1 Å². The molecule has 1 heterocycles. The number of carbonyl (C=O) groups excluding carboxylic acids is 1. The van der Waals surface area contributed by atoms with E-state index in [1.165, 1.54) is 0 Å². The van der Waals surface area contributed by atoms with Gasteiger partial charge in [-0.05, 0) is 61.6 Å². The first-order valence-electron chi connectivity index (χ1n) is 11.6. The summed E-state index contributed by atoms with van der Waals surface area (Å²) in [4.78, 5) is 16.3. The normalized spacial score (nSPS) is 11.1. The fourth-order valence-electron chi connectivity index (χ4n) is 4.05. The van der Waals surface area contributed by atoms with Gasteiger partial charge in [-0.2, -0.15) is 0 Å². The third kappa shape index (κ3) is 5.42. The minimum absolute atomic E-state index is 0.193. The highest BCUT2D eigenvalue weighted by Crippen LogP contribution is 2.30. The van der Waals surface area contributed by atoms with Crippen molar-refractivity contribution in [2.24, 2.45) is 0 Å². The molecule has 5 nitrogen and oxygen atoms in total. The van der Waals surface area contributed by atoms with E-state index in [-0.39, 0.29) is 5.97 Å². The van der Waals surface area contributed by atoms with Crippen LogP contribution in [0.5, 0.6) is 5.75 Å². The van der Waals surface area contributed by atoms with Gasteiger partial charge in [0.05, 0.1) is 30.8 Å². The smallest absolute Gasteiger partial charge is 0.305 e. The summed E-state index contributed by atoms with van der Waals surface area (Å²) in [5.74, 6) is 1.49. The summed E-state index contributed by atoms with van der Waals surface area (Å²) in [6.45, 7) is 7.31. The highest BCUT2D eigenvalue weighted by molar-refractivity contribution is 6.31. The summed E-state index contributed by atoms with van der Waals surface area (Å²) >= 11 is 6.70. The van der Waals surface area contributed by atoms with Crippen molar-refractivity contribution in [1.29, 1.82) is 0 Å². The van der Waals surface area contributed by atoms with Crippen molar-refractivity contribution in [2.45, 2.75) is 40.2 Å². The molecule has 0 aliphatic heterocycles. The molecule has 0 unspecified atom stereocenters. The van der Waals surface area contributed by atoms with E-state index < -0.39 is 0 Å². The molecule has 6 heteroatoms. The lowest BCUT2D eigenvalue weighted by Crippen LogP contribution is -2.07. The van der Waals surface area contributed by atoms with Crippen molar-refractivity contribution in [1.82, 2.24) is 9.55 Å². The summed E-state index contributed by atoms with van der Waals surface area (Å²) < 4.78 is 13.1. The van der Waals surface area contributed by atoms with Gasteiger partial charge in [0, 0.05) is 17.5 Å². The first kappa shape index (κ1) is 23.8. The third-order valence-electron chi connectivity index (χ3n) is 5.80. The second-order valence-electron chi connectivity index (χ2n) is 8.28. The Labute approximate surface area is 205 Å². The molecule has 0 aliphatic rings. The Morgan fingerprint density at radius 2 is 1.82 bits per heavy atom. The number of halogens is 1. The fraction of sp³-hybridized carbons (Fsp3) is 0.286. The maximum Gasteiger partial charge on any atom is 0.305 e. The molecule has 0 radical (unpaired) electrons. The highest BCUT2D eigenvalue weighted by atomic mass is 35.5. The Morgan fingerprint density at radius 1 is 1.03 bits per heavy atom. The molecule has 176 valence electrons. The van der Waals surface area contributed by atoms with Gasteiger partial charge in [0.2, 0.25) is 0 Å². The number of hydrogen-bond acceptors (Lipinski definition) is 4. The average molecular weight is 477 g/mol. The molecule has 4 aromatic rings. The molecule has 34 heavy (non-hydrogen) atoms. The topological polar surface area (TPSA) is 53.4 Å². The molecular formula is C28H29ClN2O3. The lowest BCUT2D eigenvalue weighted by molar-refractivity contribution is -0.143. The van der Waals surface area contributed by atoms with Gasteiger partial charge in [-0.25, -0.2) is 4.98 Å². The van der Waals surface area contributed by atoms with Crippen LogP contribution in [0.25, 0.3) is 22.2 Å². The summed E-state index contributed by atoms with van der Waals surface area (Å²) in [6, 6.07) is 20.4. The standard InChI is InChI=1S/C28H29ClN2O3/c1-4-33-27(32)11-8-14-34-24-15-19(2)28-26(17-24)31(20(3)30-28)18-23-13-12-22(16-25(23)29)21-9-6-5-7-10-21/h5-7,9-10,12-13,15-17H,4,8,11,14,18H2,1-3H3. The molecule has 0 saturated carbocycles. The van der Waals surface area contributed by atoms with Crippen molar-refractivity contribution in [3.63, 3.8) is 0 Å². The molecular weight excluding hydrogens is 448 g/mol. The number of esters is 1. The summed E-state index contributed by atoms with van der Waals surface area (Å²) in [6.07, 6.45) is 0.959. The molecule has 0 fully saturated rings. The zero-order valence-electron chi connectivity index (χ0n) is 19.8. The number of nitrogens with zero attached hydrogens (tertiary/aromatic N) is 2. The maximum absolute atomic E-state index is 11.5. The molecule has 0 aliphatic carbocycles. The second-order valence-corrected chi connectivity index (χ2v) is 8.69. The first-order valence-corrected chi connectivity index (χ1v) is 11.9. The van der Waals surface area contributed by atoms with Gasteiger partial charge >= 0.3 is 5.97 Å². The molecule has 1 aromatic heterocycles. The molecule has 0 N–H and O–H groups in total. The minimum atomic E-state index is -0.193. The Hall–Kier alpha value is -3.31. The molecule has 0 bridgehead atoms. The van der Waals surface area contributed by atoms with Crippen molar-refractivity contribution < 1.29 is 14.3 Å². The summed E-state index contributed by atoms with van der Waals surface area (Å²) in [7, 11) is 0. The number of rotatable bonds is 9. The van der Waals surface area contributed by atoms with Gasteiger partial charge < -0.3 is 14.0 Å². The van der Waals surface area contributed by atoms with Gasteiger partial charge in [-0.15, -0.1) is 0 Å². The van der Waals surface area contributed by atoms with Crippen LogP contribution in [0.15, 0.2) is 60.7 Å². The average Bonchev–Trinajstić information content (AvgIpc) is 3.14. The lowest BCUT2D eigenvalue weighted by Gasteiger charge is -2.12. The van der Waals surface area contributed by atoms with E-state index >= 15 is 0 Å². The van der Waals surface area contributed by atoms with E-state index in [1.54, 1.807) is 0 Å². The number of imidazole rings is 1. The van der Waals surface area contributed by atoms with Crippen LogP contribution >= 0.6 is 11.6 Å². The zero-order valence-corrected chi connectivity index (χ0v) is 20.6. The number of ether oxygens (including phenoxy) is 2. The maximum atomic E-state index is 11.5. The van der Waals surface area contributed by atoms with Crippen molar-refractivity contribution in [2.75, 3.05) is 13.2 Å². The quantitative estimate of drug-likeness (QED) is 0.198. The zero-order chi connectivity index (χ0) is 24.1. The molecule has 0 amide bonds. The van der Waals surface area contributed by atoms with Crippen LogP contribution < -0.4 is 4.74 Å². The second kappa shape index (κ2) is 10.7. The fourth-order valence-corrected chi connectivity index (χ4v) is 4.30. The van der Waals surface area contributed by atoms with E-state index in [4.69, 9.17) is 26.1 Å². The number of aryl methyl sites for hydroxylation is 2. The van der Waals surface area contributed by atoms with Crippen LogP contribution in [-0.2, 0) is 16.1 Å². The largest absolute Gasteiger partial charge is 0.493 e. The Balaban J connectivity index is 1.54. The van der Waals surface area contributed by atoms with Gasteiger partial charge in [0.1, 0.15) is 11.6 Å². The molecule has 0 saturated heterocycles. The Morgan fingerprint density at radius 3 is 2.56 bits per heavy atom. The first-order chi connectivity index (χ1) is 16.5. The van der Waals surface area contributed by atoms with Crippen LogP contribution in [0.1, 0.15) is 36.7 Å². The van der Waals surface area contributed by atoms with Crippen LogP contribution in [0.2, 0.25) is 5.02 Å². The van der Waals surface area contributed by atoms with Crippen LogP contribution in [-0.4, -0.2) is 28.7 Å². The Bertz CT molecular complexity index is 1300. The number of carbonyl (C=O) groups is 1. The number of hydrogen-bond donors (Lipinski definition) is 0. The van der Waals surface area contributed by atoms with Crippen LogP contribution in [0, 0.1) is 13.8 Å². The molecule has 0 spiro atoms. The van der Waals surface area contributed by atoms with Crippen LogP contribution in [0.3, 0.4) is 0 Å². The van der Waals surface area contributed by atoms with E-state index in [0.717, 1.165) is 49.9 Å². The van der Waals surface area contributed by atoms with Gasteiger partial charge in [0.15, 0.2) is 0 Å². The third-order valence-corrected chi connectivity index (χ3v) is 6.15. The van der Waals surface area contributed by atoms with Gasteiger partial charge in [-0.3, -0.25) is 4.79 Å². The number of aromatic nitrogens is 2. The van der Waals surface area contributed by atoms with E-state index in [0.29, 0.717) is 32.6 Å². The molecule has 3 aromatic carbocycles. The van der Waals surface area contributed by atoms with Crippen molar-refractivity contribution in [3.8, 4) is 16.9 Å². The predicted molar refractivity (Wildman–Crippen MR) is 137 cm³/mol. The summed E-state index contributed by atoms with van der Waals surface area (Å²) in [5.41, 5.74) is 6.26. The number of benzene rings is 3. The van der Waals surface area contributed by atoms with Crippen LogP contribution in [0.4, 0.5) is 0 Å². The SMILES string of the molecule is CCOC(=O)CCCOc1cc(C)c2nc(C)n(Cc3ccc(-c4ccccc4)cc3Cl)c2c1. The van der Waals surface area contributed by atoms with Gasteiger partial charge in [0.25, 0.3) is 0 Å². The van der Waals surface area contributed by atoms with E-state index in [9.17, 15) is 4.79 Å². The lowest BCUT2D eigenvalue weighted by atomic mass is 10.0. The van der Waals surface area contributed by atoms with E-state index in [2.05, 4.69) is 28.8 Å². The van der Waals surface area contributed by atoms with Crippen molar-refractivity contribution >= 4 is 28.6 Å². The highest BCUT2D eigenvalue weighted by Gasteiger charge is 2.14. The van der Waals surface area contributed by atoms with Crippen molar-refractivity contribution in [3.05, 3.63) is 82.6 Å². The monoisotopic (exact) mass is 476 g/mol. The Kier molecular flexibility index (Phi) is 7.53. The van der Waals surface area contributed by atoms with E-state index in [1.807, 2.05) is 57.2 Å². The predicted octanol–water partition coefficient (Wildman–Crippen LogP) is 6.74. The molecule has 0 atom stereocenters. The minimum Gasteiger partial charge on any atom is -0.493 e. The molecule has 4 rings (SSSR count). The summed E-state index contributed by atoms with van der Waals surface area (Å²) in [5, 5.41) is 0.727. The number of fused-ring (bicyclic) bond motifs is 1.